The summed E-state index contributed by atoms with van der Waals surface area (Å²) in [4.78, 5) is 4.26. The third kappa shape index (κ3) is 1.78. The average molecular weight is 316 g/mol. The molecule has 78 valence electrons. The first-order valence-electron chi connectivity index (χ1n) is 4.66. The number of hydrogen-bond acceptors (Lipinski definition) is 2. The Kier molecular flexibility index (Phi) is 2.77. The predicted octanol–water partition coefficient (Wildman–Crippen LogP) is 3.12. The molecule has 0 saturated heterocycles. The van der Waals surface area contributed by atoms with Crippen LogP contribution >= 0.6 is 22.6 Å². The minimum absolute atomic E-state index is 0.349. The van der Waals surface area contributed by atoms with Gasteiger partial charge >= 0.3 is 0 Å². The van der Waals surface area contributed by atoms with Crippen molar-refractivity contribution in [2.45, 2.75) is 13.3 Å². The Bertz CT molecular complexity index is 525. The van der Waals surface area contributed by atoms with Crippen LogP contribution in [0.5, 0.6) is 0 Å². The van der Waals surface area contributed by atoms with Crippen molar-refractivity contribution in [3.8, 4) is 0 Å². The molecule has 0 radical (unpaired) electrons. The Morgan fingerprint density at radius 3 is 2.87 bits per heavy atom. The van der Waals surface area contributed by atoms with Crippen LogP contribution in [0.3, 0.4) is 0 Å². The summed E-state index contributed by atoms with van der Waals surface area (Å²) in [6, 6.07) is 5.11. The van der Waals surface area contributed by atoms with E-state index in [1.165, 1.54) is 6.07 Å². The Labute approximate surface area is 101 Å². The first-order chi connectivity index (χ1) is 7.13. The second-order valence-electron chi connectivity index (χ2n) is 3.31. The summed E-state index contributed by atoms with van der Waals surface area (Å²) >= 11 is 2.11. The Balaban J connectivity index is 2.84. The Morgan fingerprint density at radius 1 is 1.47 bits per heavy atom. The zero-order chi connectivity index (χ0) is 11.0. The van der Waals surface area contributed by atoms with Gasteiger partial charge < -0.3 is 5.73 Å². The van der Waals surface area contributed by atoms with Gasteiger partial charge in [0.25, 0.3) is 0 Å². The summed E-state index contributed by atoms with van der Waals surface area (Å²) in [5.74, 6) is -0.349. The molecule has 0 unspecified atom stereocenters. The maximum atomic E-state index is 13.6. The molecule has 0 spiro atoms. The molecule has 0 aliphatic rings. The molecule has 2 nitrogen and oxygen atoms in total. The minimum Gasteiger partial charge on any atom is -0.398 e. The molecule has 0 atom stereocenters. The van der Waals surface area contributed by atoms with Gasteiger partial charge in [-0.1, -0.05) is 6.92 Å². The van der Waals surface area contributed by atoms with Gasteiger partial charge in [0.2, 0.25) is 0 Å². The van der Waals surface area contributed by atoms with Crippen LogP contribution in [0.15, 0.2) is 18.2 Å². The van der Waals surface area contributed by atoms with Crippen LogP contribution in [0.4, 0.5) is 10.1 Å². The lowest BCUT2D eigenvalue weighted by Crippen LogP contribution is -1.97. The molecule has 1 aromatic carbocycles. The van der Waals surface area contributed by atoms with Crippen molar-refractivity contribution in [2.75, 3.05) is 5.73 Å². The molecule has 0 bridgehead atoms. The van der Waals surface area contributed by atoms with Crippen LogP contribution in [-0.4, -0.2) is 4.98 Å². The van der Waals surface area contributed by atoms with E-state index < -0.39 is 0 Å². The van der Waals surface area contributed by atoms with Crippen LogP contribution in [0.2, 0.25) is 0 Å². The number of nitrogens with two attached hydrogens (primary N) is 1. The molecule has 0 saturated carbocycles. The first kappa shape index (κ1) is 10.6. The van der Waals surface area contributed by atoms with E-state index in [9.17, 15) is 4.39 Å². The maximum Gasteiger partial charge on any atom is 0.151 e. The predicted molar refractivity (Wildman–Crippen MR) is 68.2 cm³/mol. The number of nitrogens with zero attached hydrogens (tertiary/aromatic N) is 1. The average Bonchev–Trinajstić information content (AvgIpc) is 2.25. The number of nitrogen functional groups attached to an aromatic ring is 1. The Hall–Kier alpha value is -0.910. The van der Waals surface area contributed by atoms with E-state index in [1.54, 1.807) is 0 Å². The van der Waals surface area contributed by atoms with Crippen molar-refractivity contribution in [3.63, 3.8) is 0 Å². The highest BCUT2D eigenvalue weighted by Crippen LogP contribution is 2.27. The van der Waals surface area contributed by atoms with Crippen molar-refractivity contribution in [1.82, 2.24) is 4.98 Å². The van der Waals surface area contributed by atoms with E-state index in [0.29, 0.717) is 11.2 Å². The molecule has 0 aliphatic heterocycles. The van der Waals surface area contributed by atoms with Crippen LogP contribution < -0.4 is 5.73 Å². The van der Waals surface area contributed by atoms with Crippen molar-refractivity contribution >= 4 is 39.2 Å². The van der Waals surface area contributed by atoms with E-state index in [1.807, 2.05) is 19.1 Å². The highest BCUT2D eigenvalue weighted by molar-refractivity contribution is 14.1. The zero-order valence-corrected chi connectivity index (χ0v) is 10.4. The standard InChI is InChI=1S/C11H10FIN2/c1-2-6-3-4-7-10(13)9(14)5-8(12)11(7)15-6/h3-5H,2,14H2,1H3. The number of aryl methyl sites for hydroxylation is 1. The van der Waals surface area contributed by atoms with Gasteiger partial charge in [0.05, 0.1) is 0 Å². The number of anilines is 1. The van der Waals surface area contributed by atoms with Gasteiger partial charge in [0, 0.05) is 26.4 Å². The third-order valence-electron chi connectivity index (χ3n) is 2.31. The van der Waals surface area contributed by atoms with Crippen molar-refractivity contribution in [3.05, 3.63) is 33.3 Å². The van der Waals surface area contributed by atoms with Crippen LogP contribution in [0.1, 0.15) is 12.6 Å². The number of halogens is 2. The lowest BCUT2D eigenvalue weighted by molar-refractivity contribution is 0.636. The summed E-state index contributed by atoms with van der Waals surface area (Å²) in [6.45, 7) is 1.99. The first-order valence-corrected chi connectivity index (χ1v) is 5.74. The van der Waals surface area contributed by atoms with E-state index >= 15 is 0 Å². The fraction of sp³-hybridized carbons (Fsp3) is 0.182. The SMILES string of the molecule is CCc1ccc2c(I)c(N)cc(F)c2n1. The molecule has 2 aromatic rings. The molecule has 1 heterocycles. The molecular formula is C11H10FIN2. The van der Waals surface area contributed by atoms with Gasteiger partial charge in [-0.3, -0.25) is 0 Å². The summed E-state index contributed by atoms with van der Waals surface area (Å²) in [7, 11) is 0. The number of hydrogen-bond donors (Lipinski definition) is 1. The molecule has 4 heteroatoms. The van der Waals surface area contributed by atoms with E-state index in [-0.39, 0.29) is 5.82 Å². The molecular weight excluding hydrogens is 306 g/mol. The quantitative estimate of drug-likeness (QED) is 0.648. The fourth-order valence-electron chi connectivity index (χ4n) is 1.48. The molecule has 2 N–H and O–H groups in total. The largest absolute Gasteiger partial charge is 0.398 e. The van der Waals surface area contributed by atoms with Crippen molar-refractivity contribution < 1.29 is 4.39 Å². The van der Waals surface area contributed by atoms with Crippen molar-refractivity contribution in [2.24, 2.45) is 0 Å². The normalized spacial score (nSPS) is 10.9. The number of benzene rings is 1. The highest BCUT2D eigenvalue weighted by Gasteiger charge is 2.09. The fourth-order valence-corrected chi connectivity index (χ4v) is 2.07. The summed E-state index contributed by atoms with van der Waals surface area (Å²) in [5, 5.41) is 0.783. The minimum atomic E-state index is -0.349. The van der Waals surface area contributed by atoms with E-state index in [2.05, 4.69) is 27.6 Å². The molecule has 2 rings (SSSR count). The Morgan fingerprint density at radius 2 is 2.20 bits per heavy atom. The number of pyridine rings is 1. The molecule has 0 fully saturated rings. The molecule has 1 aromatic heterocycles. The highest BCUT2D eigenvalue weighted by atomic mass is 127. The van der Waals surface area contributed by atoms with Gasteiger partial charge in [0.15, 0.2) is 5.82 Å². The second kappa shape index (κ2) is 3.92. The van der Waals surface area contributed by atoms with Crippen LogP contribution in [0.25, 0.3) is 10.9 Å². The molecule has 15 heavy (non-hydrogen) atoms. The lowest BCUT2D eigenvalue weighted by Gasteiger charge is -2.06. The molecule has 0 aliphatic carbocycles. The zero-order valence-electron chi connectivity index (χ0n) is 8.22. The van der Waals surface area contributed by atoms with Gasteiger partial charge in [-0.15, -0.1) is 0 Å². The van der Waals surface area contributed by atoms with E-state index in [0.717, 1.165) is 21.1 Å². The van der Waals surface area contributed by atoms with Gasteiger partial charge in [-0.05, 0) is 41.1 Å². The number of fused-ring (bicyclic) bond motifs is 1. The summed E-state index contributed by atoms with van der Waals surface area (Å²) < 4.78 is 14.5. The van der Waals surface area contributed by atoms with Gasteiger partial charge in [-0.2, -0.15) is 0 Å². The van der Waals surface area contributed by atoms with Gasteiger partial charge in [0.1, 0.15) is 5.52 Å². The number of aromatic nitrogens is 1. The topological polar surface area (TPSA) is 38.9 Å². The maximum absolute atomic E-state index is 13.6. The monoisotopic (exact) mass is 316 g/mol. The third-order valence-corrected chi connectivity index (χ3v) is 3.52. The van der Waals surface area contributed by atoms with E-state index in [4.69, 9.17) is 5.73 Å². The number of rotatable bonds is 1. The van der Waals surface area contributed by atoms with Crippen LogP contribution in [-0.2, 0) is 6.42 Å². The summed E-state index contributed by atoms with van der Waals surface area (Å²) in [5.41, 5.74) is 7.45. The molecule has 0 amide bonds. The van der Waals surface area contributed by atoms with Crippen molar-refractivity contribution in [1.29, 1.82) is 0 Å². The van der Waals surface area contributed by atoms with Gasteiger partial charge in [-0.25, -0.2) is 9.37 Å². The lowest BCUT2D eigenvalue weighted by atomic mass is 10.1. The van der Waals surface area contributed by atoms with Crippen LogP contribution in [0, 0.1) is 9.39 Å². The second-order valence-corrected chi connectivity index (χ2v) is 4.39. The smallest absolute Gasteiger partial charge is 0.151 e. The summed E-state index contributed by atoms with van der Waals surface area (Å²) in [6.07, 6.45) is 0.802.